The Morgan fingerprint density at radius 1 is 1.18 bits per heavy atom. The van der Waals surface area contributed by atoms with E-state index in [4.69, 9.17) is 5.73 Å². The lowest BCUT2D eigenvalue weighted by Gasteiger charge is -2.32. The minimum absolute atomic E-state index is 0. The molecule has 2 rings (SSSR count). The molecule has 0 radical (unpaired) electrons. The number of nitrogens with two attached hydrogens (primary N) is 1. The Hall–Kier alpha value is -0.810. The molecule has 5 nitrogen and oxygen atoms in total. The van der Waals surface area contributed by atoms with Gasteiger partial charge in [-0.25, -0.2) is 0 Å². The van der Waals surface area contributed by atoms with Gasteiger partial charge in [-0.1, -0.05) is 13.3 Å². The zero-order chi connectivity index (χ0) is 15.2. The summed E-state index contributed by atoms with van der Waals surface area (Å²) in [6.45, 7) is 4.23. The molecular weight excluding hydrogens is 302 g/mol. The van der Waals surface area contributed by atoms with Gasteiger partial charge < -0.3 is 16.0 Å². The second-order valence-electron chi connectivity index (χ2n) is 6.51. The Morgan fingerprint density at radius 3 is 2.41 bits per heavy atom. The molecule has 2 atom stereocenters. The van der Waals surface area contributed by atoms with Crippen LogP contribution >= 0.6 is 12.4 Å². The fraction of sp³-hybridized carbons (Fsp3) is 0.875. The number of nitrogens with zero attached hydrogens (tertiary/aromatic N) is 1. The lowest BCUT2D eigenvalue weighted by atomic mass is 9.94. The lowest BCUT2D eigenvalue weighted by Crippen LogP contribution is -2.44. The van der Waals surface area contributed by atoms with Crippen LogP contribution < -0.4 is 11.1 Å². The molecule has 3 N–H and O–H groups in total. The number of halogens is 1. The van der Waals surface area contributed by atoms with Gasteiger partial charge in [-0.15, -0.1) is 12.4 Å². The Balaban J connectivity index is 0.00000242. The molecule has 2 aliphatic rings. The first-order valence-corrected chi connectivity index (χ1v) is 8.43. The predicted octanol–water partition coefficient (Wildman–Crippen LogP) is 1.69. The quantitative estimate of drug-likeness (QED) is 0.805. The molecule has 128 valence electrons. The zero-order valence-electron chi connectivity index (χ0n) is 13.6. The van der Waals surface area contributed by atoms with Crippen molar-refractivity contribution in [2.45, 2.75) is 57.9 Å². The van der Waals surface area contributed by atoms with Gasteiger partial charge in [-0.05, 0) is 38.0 Å². The number of carbonyl (C=O) groups excluding carboxylic acids is 2. The van der Waals surface area contributed by atoms with Crippen LogP contribution in [0.4, 0.5) is 0 Å². The normalized spacial score (nSPS) is 25.6. The summed E-state index contributed by atoms with van der Waals surface area (Å²) < 4.78 is 0. The van der Waals surface area contributed by atoms with E-state index in [1.54, 1.807) is 0 Å². The van der Waals surface area contributed by atoms with Gasteiger partial charge >= 0.3 is 0 Å². The Bertz CT molecular complexity index is 370. The Kier molecular flexibility index (Phi) is 8.18. The molecule has 1 saturated carbocycles. The summed E-state index contributed by atoms with van der Waals surface area (Å²) in [6, 6.07) is 0.200. The number of hydrogen-bond donors (Lipinski definition) is 2. The highest BCUT2D eigenvalue weighted by molar-refractivity contribution is 5.85. The molecule has 0 spiro atoms. The van der Waals surface area contributed by atoms with Crippen molar-refractivity contribution < 1.29 is 9.59 Å². The second kappa shape index (κ2) is 9.36. The van der Waals surface area contributed by atoms with Gasteiger partial charge in [0.15, 0.2) is 0 Å². The van der Waals surface area contributed by atoms with Gasteiger partial charge in [0.1, 0.15) is 0 Å². The molecule has 1 aliphatic carbocycles. The van der Waals surface area contributed by atoms with Crippen LogP contribution in [0, 0.1) is 11.8 Å². The third kappa shape index (κ3) is 5.13. The number of likely N-dealkylation sites (tertiary alicyclic amines) is 1. The number of hydrogen-bond acceptors (Lipinski definition) is 3. The highest BCUT2D eigenvalue weighted by atomic mass is 35.5. The van der Waals surface area contributed by atoms with Gasteiger partial charge in [-0.3, -0.25) is 9.59 Å². The van der Waals surface area contributed by atoms with Crippen molar-refractivity contribution in [2.75, 3.05) is 19.6 Å². The monoisotopic (exact) mass is 331 g/mol. The van der Waals surface area contributed by atoms with Crippen molar-refractivity contribution in [1.82, 2.24) is 10.2 Å². The van der Waals surface area contributed by atoms with Crippen LogP contribution in [0.25, 0.3) is 0 Å². The van der Waals surface area contributed by atoms with Crippen molar-refractivity contribution in [3.63, 3.8) is 0 Å². The van der Waals surface area contributed by atoms with Crippen molar-refractivity contribution in [3.05, 3.63) is 0 Å². The van der Waals surface area contributed by atoms with E-state index in [0.717, 1.165) is 45.1 Å². The molecule has 2 amide bonds. The average Bonchev–Trinajstić information content (AvgIpc) is 2.90. The van der Waals surface area contributed by atoms with Crippen LogP contribution in [0.1, 0.15) is 51.9 Å². The Morgan fingerprint density at radius 2 is 1.86 bits per heavy atom. The van der Waals surface area contributed by atoms with E-state index in [1.807, 2.05) is 4.90 Å². The highest BCUT2D eigenvalue weighted by Crippen LogP contribution is 2.28. The molecule has 2 fully saturated rings. The van der Waals surface area contributed by atoms with Crippen LogP contribution in [0.5, 0.6) is 0 Å². The van der Waals surface area contributed by atoms with E-state index in [2.05, 4.69) is 12.2 Å². The van der Waals surface area contributed by atoms with Gasteiger partial charge in [0.05, 0.1) is 0 Å². The SMILES string of the molecule is CCCNC(=O)C1CCN(C(=O)C[C@@H]2CCC[C@H]2N)CC1.Cl. The summed E-state index contributed by atoms with van der Waals surface area (Å²) in [5.41, 5.74) is 6.04. The number of piperidine rings is 1. The highest BCUT2D eigenvalue weighted by Gasteiger charge is 2.31. The molecule has 0 bridgehead atoms. The maximum absolute atomic E-state index is 12.3. The van der Waals surface area contributed by atoms with Gasteiger partial charge in [0.2, 0.25) is 11.8 Å². The maximum Gasteiger partial charge on any atom is 0.223 e. The van der Waals surface area contributed by atoms with E-state index in [9.17, 15) is 9.59 Å². The van der Waals surface area contributed by atoms with Crippen LogP contribution in [0.3, 0.4) is 0 Å². The second-order valence-corrected chi connectivity index (χ2v) is 6.51. The standard InChI is InChI=1S/C16H29N3O2.ClH/c1-2-8-18-16(21)12-6-9-19(10-7-12)15(20)11-13-4-3-5-14(13)17;/h12-14H,2-11,17H2,1H3,(H,18,21);1H/t13-,14+;/m0./s1. The average molecular weight is 332 g/mol. The van der Waals surface area contributed by atoms with E-state index in [1.165, 1.54) is 0 Å². The zero-order valence-corrected chi connectivity index (χ0v) is 14.4. The minimum atomic E-state index is 0. The molecule has 1 heterocycles. The van der Waals surface area contributed by atoms with Crippen molar-refractivity contribution in [1.29, 1.82) is 0 Å². The van der Waals surface area contributed by atoms with Crippen LogP contribution in [-0.4, -0.2) is 42.4 Å². The molecule has 1 aliphatic heterocycles. The molecular formula is C16H30ClN3O2. The molecule has 22 heavy (non-hydrogen) atoms. The first kappa shape index (κ1) is 19.2. The van der Waals surface area contributed by atoms with E-state index < -0.39 is 0 Å². The molecule has 0 aromatic rings. The fourth-order valence-corrected chi connectivity index (χ4v) is 3.46. The van der Waals surface area contributed by atoms with Gasteiger partial charge in [-0.2, -0.15) is 0 Å². The topological polar surface area (TPSA) is 75.4 Å². The van der Waals surface area contributed by atoms with E-state index >= 15 is 0 Å². The fourth-order valence-electron chi connectivity index (χ4n) is 3.46. The Labute approximate surface area is 139 Å². The first-order valence-electron chi connectivity index (χ1n) is 8.43. The number of nitrogens with one attached hydrogen (secondary N) is 1. The maximum atomic E-state index is 12.3. The van der Waals surface area contributed by atoms with Gasteiger partial charge in [0.25, 0.3) is 0 Å². The summed E-state index contributed by atoms with van der Waals surface area (Å²) >= 11 is 0. The largest absolute Gasteiger partial charge is 0.356 e. The third-order valence-corrected chi connectivity index (χ3v) is 4.92. The summed E-state index contributed by atoms with van der Waals surface area (Å²) in [5.74, 6) is 0.823. The van der Waals surface area contributed by atoms with E-state index in [0.29, 0.717) is 25.4 Å². The van der Waals surface area contributed by atoms with Crippen molar-refractivity contribution in [3.8, 4) is 0 Å². The first-order chi connectivity index (χ1) is 10.1. The van der Waals surface area contributed by atoms with Crippen molar-refractivity contribution >= 4 is 24.2 Å². The summed E-state index contributed by atoms with van der Waals surface area (Å²) in [5, 5.41) is 2.95. The smallest absolute Gasteiger partial charge is 0.223 e. The number of amides is 2. The summed E-state index contributed by atoms with van der Waals surface area (Å²) in [4.78, 5) is 26.2. The summed E-state index contributed by atoms with van der Waals surface area (Å²) in [6.07, 6.45) is 6.42. The molecule has 1 saturated heterocycles. The molecule has 6 heteroatoms. The van der Waals surface area contributed by atoms with E-state index in [-0.39, 0.29) is 36.2 Å². The molecule has 0 aromatic heterocycles. The van der Waals surface area contributed by atoms with Crippen LogP contribution in [0.15, 0.2) is 0 Å². The number of rotatable bonds is 5. The van der Waals surface area contributed by atoms with Crippen LogP contribution in [-0.2, 0) is 9.59 Å². The van der Waals surface area contributed by atoms with Crippen molar-refractivity contribution in [2.24, 2.45) is 17.6 Å². The minimum Gasteiger partial charge on any atom is -0.356 e. The number of carbonyl (C=O) groups is 2. The van der Waals surface area contributed by atoms with Crippen LogP contribution in [0.2, 0.25) is 0 Å². The van der Waals surface area contributed by atoms with Gasteiger partial charge in [0, 0.05) is 38.0 Å². The predicted molar refractivity (Wildman–Crippen MR) is 89.8 cm³/mol. The summed E-state index contributed by atoms with van der Waals surface area (Å²) in [7, 11) is 0. The third-order valence-electron chi connectivity index (χ3n) is 4.92. The molecule has 0 unspecified atom stereocenters. The lowest BCUT2D eigenvalue weighted by molar-refractivity contribution is -0.136. The molecule has 0 aromatic carbocycles.